The molecular weight excluding hydrogens is 680 g/mol. The van der Waals surface area contributed by atoms with Crippen molar-refractivity contribution in [1.29, 1.82) is 0 Å². The maximum absolute atomic E-state index is 14.4. The van der Waals surface area contributed by atoms with Gasteiger partial charge in [0.15, 0.2) is 11.6 Å². The fraction of sp³-hybridized carbons (Fsp3) is 0.775. The largest absolute Gasteiger partial charge is 0.467 e. The molecule has 0 bridgehead atoms. The minimum absolute atomic E-state index is 0.0304. The number of nitrogens with one attached hydrogen (secondary N) is 1. The molecule has 0 aliphatic carbocycles. The van der Waals surface area contributed by atoms with Crippen LogP contribution in [0.4, 0.5) is 0 Å². The van der Waals surface area contributed by atoms with E-state index in [0.29, 0.717) is 19.3 Å². The van der Waals surface area contributed by atoms with E-state index < -0.39 is 84.0 Å². The number of rotatable bonds is 24. The van der Waals surface area contributed by atoms with Crippen molar-refractivity contribution in [2.24, 2.45) is 41.2 Å². The maximum atomic E-state index is 14.4. The van der Waals surface area contributed by atoms with E-state index in [1.54, 1.807) is 34.7 Å². The van der Waals surface area contributed by atoms with Gasteiger partial charge in [0.1, 0.15) is 12.1 Å². The number of carbonyl (C=O) groups excluding carboxylic acids is 7. The molecule has 0 rings (SSSR count). The lowest BCUT2D eigenvalue weighted by Gasteiger charge is -2.36. The van der Waals surface area contributed by atoms with Gasteiger partial charge in [0.05, 0.1) is 31.2 Å². The molecule has 0 saturated heterocycles. The molecule has 0 aliphatic rings. The van der Waals surface area contributed by atoms with E-state index in [4.69, 9.17) is 15.2 Å². The average molecular weight is 751 g/mol. The molecule has 0 unspecified atom stereocenters. The minimum Gasteiger partial charge on any atom is -0.467 e. The molecule has 13 nitrogen and oxygen atoms in total. The Morgan fingerprint density at radius 3 is 1.81 bits per heavy atom. The Labute approximate surface area is 318 Å². The second-order valence-corrected chi connectivity index (χ2v) is 15.6. The monoisotopic (exact) mass is 751 g/mol. The second kappa shape index (κ2) is 23.9. The Morgan fingerprint density at radius 2 is 1.38 bits per heavy atom. The first-order chi connectivity index (χ1) is 24.5. The van der Waals surface area contributed by atoms with Crippen LogP contribution in [0.3, 0.4) is 0 Å². The summed E-state index contributed by atoms with van der Waals surface area (Å²) in [5.74, 6) is -6.08. The van der Waals surface area contributed by atoms with Gasteiger partial charge in [-0.3, -0.25) is 28.8 Å². The lowest BCUT2D eigenvalue weighted by molar-refractivity contribution is -0.158. The van der Waals surface area contributed by atoms with Crippen molar-refractivity contribution in [2.75, 3.05) is 21.2 Å². The predicted octanol–water partition coefficient (Wildman–Crippen LogP) is 4.49. The molecule has 3 amide bonds. The van der Waals surface area contributed by atoms with Crippen molar-refractivity contribution in [3.63, 3.8) is 0 Å². The van der Waals surface area contributed by atoms with E-state index in [-0.39, 0.29) is 42.3 Å². The van der Waals surface area contributed by atoms with Gasteiger partial charge in [0.25, 0.3) is 0 Å². The van der Waals surface area contributed by atoms with Gasteiger partial charge in [-0.1, -0.05) is 67.5 Å². The van der Waals surface area contributed by atoms with Crippen LogP contribution in [0.25, 0.3) is 0 Å². The number of hydrogen-bond donors (Lipinski definition) is 2. The first kappa shape index (κ1) is 49.4. The number of methoxy groups -OCH3 is 1. The summed E-state index contributed by atoms with van der Waals surface area (Å²) in [6.07, 6.45) is 3.57. The molecule has 0 aromatic carbocycles. The van der Waals surface area contributed by atoms with Crippen LogP contribution in [-0.2, 0) is 43.0 Å². The number of carbonyl (C=O) groups is 7. The van der Waals surface area contributed by atoms with E-state index in [9.17, 15) is 33.6 Å². The topological polar surface area (TPSA) is 182 Å². The van der Waals surface area contributed by atoms with E-state index in [0.717, 1.165) is 0 Å². The minimum atomic E-state index is -1.20. The average Bonchev–Trinajstić information content (AvgIpc) is 3.07. The highest BCUT2D eigenvalue weighted by molar-refractivity contribution is 5.96. The zero-order valence-corrected chi connectivity index (χ0v) is 34.9. The molecule has 304 valence electrons. The third-order valence-electron chi connectivity index (χ3n) is 9.52. The molecule has 0 aromatic rings. The quantitative estimate of drug-likeness (QED) is 0.105. The van der Waals surface area contributed by atoms with Crippen molar-refractivity contribution >= 4 is 41.2 Å². The van der Waals surface area contributed by atoms with Crippen molar-refractivity contribution in [3.8, 4) is 0 Å². The summed E-state index contributed by atoms with van der Waals surface area (Å²) in [4.78, 5) is 97.0. The molecule has 8 atom stereocenters. The van der Waals surface area contributed by atoms with Gasteiger partial charge in [0, 0.05) is 39.8 Å². The molecular formula is C40H70N4O9. The Hall–Kier alpha value is -3.61. The van der Waals surface area contributed by atoms with Gasteiger partial charge < -0.3 is 30.3 Å². The number of esters is 2. The van der Waals surface area contributed by atoms with Crippen LogP contribution in [0.5, 0.6) is 0 Å². The summed E-state index contributed by atoms with van der Waals surface area (Å²) in [6, 6.07) is -3.56. The molecule has 0 fully saturated rings. The highest BCUT2D eigenvalue weighted by Crippen LogP contribution is 2.29. The van der Waals surface area contributed by atoms with Crippen molar-refractivity contribution in [2.45, 2.75) is 145 Å². The second-order valence-electron chi connectivity index (χ2n) is 15.6. The van der Waals surface area contributed by atoms with E-state index >= 15 is 0 Å². The van der Waals surface area contributed by atoms with Gasteiger partial charge in [-0.2, -0.15) is 0 Å². The molecule has 0 aliphatic heterocycles. The Balaban J connectivity index is 6.88. The lowest BCUT2D eigenvalue weighted by Crippen LogP contribution is -2.53. The molecule has 0 spiro atoms. The molecule has 0 heterocycles. The Kier molecular flexibility index (Phi) is 22.3. The number of hydrogen-bond acceptors (Lipinski definition) is 10. The number of ether oxygens (including phenoxy) is 2. The summed E-state index contributed by atoms with van der Waals surface area (Å²) in [5.41, 5.74) is 5.87. The fourth-order valence-electron chi connectivity index (χ4n) is 6.82. The third-order valence-corrected chi connectivity index (χ3v) is 9.52. The molecule has 53 heavy (non-hydrogen) atoms. The summed E-state index contributed by atoms with van der Waals surface area (Å²) in [5, 5.41) is 2.69. The van der Waals surface area contributed by atoms with Crippen LogP contribution in [0.1, 0.15) is 115 Å². The lowest BCUT2D eigenvalue weighted by atomic mass is 9.82. The zero-order chi connectivity index (χ0) is 41.3. The molecule has 0 radical (unpaired) electrons. The smallest absolute Gasteiger partial charge is 0.328 e. The van der Waals surface area contributed by atoms with Gasteiger partial charge in [0.2, 0.25) is 17.7 Å². The fourth-order valence-corrected chi connectivity index (χ4v) is 6.82. The first-order valence-corrected chi connectivity index (χ1v) is 19.1. The number of nitrogens with zero attached hydrogens (tertiary/aromatic N) is 2. The summed E-state index contributed by atoms with van der Waals surface area (Å²) < 4.78 is 10.6. The van der Waals surface area contributed by atoms with E-state index in [2.05, 4.69) is 5.32 Å². The maximum Gasteiger partial charge on any atom is 0.328 e. The Morgan fingerprint density at radius 1 is 0.811 bits per heavy atom. The van der Waals surface area contributed by atoms with Crippen molar-refractivity contribution < 1.29 is 43.0 Å². The van der Waals surface area contributed by atoms with Gasteiger partial charge in [-0.15, -0.1) is 0 Å². The number of allylic oxidation sites excluding steroid dienone is 2. The van der Waals surface area contributed by atoms with Crippen molar-refractivity contribution in [3.05, 3.63) is 12.2 Å². The number of likely N-dealkylation sites (N-methyl/N-ethyl adjacent to an activating group) is 2. The zero-order valence-electron chi connectivity index (χ0n) is 34.9. The van der Waals surface area contributed by atoms with Crippen molar-refractivity contribution in [1.82, 2.24) is 15.1 Å². The van der Waals surface area contributed by atoms with Gasteiger partial charge in [-0.05, 0) is 63.2 Å². The van der Waals surface area contributed by atoms with Gasteiger partial charge in [-0.25, -0.2) is 4.79 Å². The van der Waals surface area contributed by atoms with Crippen LogP contribution >= 0.6 is 0 Å². The summed E-state index contributed by atoms with van der Waals surface area (Å²) in [6.45, 7) is 19.5. The molecule has 13 heteroatoms. The highest BCUT2D eigenvalue weighted by Gasteiger charge is 2.42. The number of ketones is 2. The van der Waals surface area contributed by atoms with Crippen LogP contribution in [0.15, 0.2) is 12.2 Å². The van der Waals surface area contributed by atoms with Crippen LogP contribution in [-0.4, -0.2) is 103 Å². The third kappa shape index (κ3) is 16.1. The van der Waals surface area contributed by atoms with Crippen LogP contribution in [0, 0.1) is 35.5 Å². The number of nitrogens with two attached hydrogens (primary N) is 1. The SMILES string of the molecule is C/C=C/C[C@@H](C)[C@@H](OC(C)=O)[C@H](CC(=O)[C@H](C(C)C)N(C)C(=O)[C@@H](CC(=O)[C@H](CC(C)C)N(C)C(=O)[C@@H](C)N)CC(C)C)C(=O)N[C@@H](CC)C(=O)OC. The number of amides is 3. The van der Waals surface area contributed by atoms with E-state index in [1.165, 1.54) is 30.9 Å². The molecule has 0 saturated carbocycles. The summed E-state index contributed by atoms with van der Waals surface area (Å²) in [7, 11) is 4.29. The summed E-state index contributed by atoms with van der Waals surface area (Å²) >= 11 is 0. The Bertz CT molecular complexity index is 1260. The van der Waals surface area contributed by atoms with Crippen LogP contribution in [0.2, 0.25) is 0 Å². The molecule has 0 aromatic heterocycles. The first-order valence-electron chi connectivity index (χ1n) is 19.1. The highest BCUT2D eigenvalue weighted by atomic mass is 16.5. The standard InChI is InChI=1S/C40H70N4O9/c1-15-17-18-26(9)36(53-28(11)45)30(37(48)42-31(16-2)40(51)52-14)22-34(47)35(25(7)8)44(13)39(50)29(19-23(3)4)21-33(46)32(20-24(5)6)43(12)38(49)27(10)41/h15,17,23-27,29-32,35-36H,16,18-22,41H2,1-14H3,(H,42,48)/b17-15+/t26-,27-,29-,30+,31+,32+,35+,36-/m1/s1. The van der Waals surface area contributed by atoms with Gasteiger partial charge >= 0.3 is 11.9 Å². The normalized spacial score (nSPS) is 16.3. The van der Waals surface area contributed by atoms with Crippen LogP contribution < -0.4 is 11.1 Å². The predicted molar refractivity (Wildman–Crippen MR) is 205 cm³/mol. The molecule has 3 N–H and O–H groups in total. The number of Topliss-reactive ketones (excluding diaryl/α,β-unsaturated/α-hetero) is 2. The van der Waals surface area contributed by atoms with E-state index in [1.807, 2.05) is 53.7 Å².